The van der Waals surface area contributed by atoms with Crippen molar-refractivity contribution in [2.75, 3.05) is 0 Å². The number of H-pyrrole nitrogens is 2. The fraction of sp³-hybridized carbons (Fsp3) is 0.375. The van der Waals surface area contributed by atoms with Crippen LogP contribution in [0.15, 0.2) is 16.4 Å². The van der Waals surface area contributed by atoms with Gasteiger partial charge in [0.05, 0.1) is 6.04 Å². The van der Waals surface area contributed by atoms with Gasteiger partial charge >= 0.3 is 5.69 Å². The van der Waals surface area contributed by atoms with Crippen LogP contribution in [0.1, 0.15) is 24.4 Å². The molecule has 0 bridgehead atoms. The predicted octanol–water partition coefficient (Wildman–Crippen LogP) is 1.69. The van der Waals surface area contributed by atoms with E-state index in [1.54, 1.807) is 6.20 Å². The van der Waals surface area contributed by atoms with Crippen molar-refractivity contribution in [3.05, 3.63) is 31.8 Å². The maximum absolute atomic E-state index is 11.5. The monoisotopic (exact) mass is 242 g/mol. The Labute approximate surface area is 94.8 Å². The van der Waals surface area contributed by atoms with Gasteiger partial charge < -0.3 is 0 Å². The number of aromatic amines is 2. The molecule has 0 saturated heterocycles. The van der Waals surface area contributed by atoms with E-state index < -0.39 is 0 Å². The van der Waals surface area contributed by atoms with Gasteiger partial charge in [0.1, 0.15) is 5.01 Å². The third-order valence-corrected chi connectivity index (χ3v) is 3.32. The van der Waals surface area contributed by atoms with Crippen LogP contribution in [0, 0.1) is 4.77 Å². The topological polar surface area (TPSA) is 66.5 Å². The Morgan fingerprint density at radius 1 is 1.67 bits per heavy atom. The summed E-state index contributed by atoms with van der Waals surface area (Å²) in [5.41, 5.74) is -0.220. The Morgan fingerprint density at radius 3 is 2.93 bits per heavy atom. The number of nitrogens with zero attached hydrogens (tertiary/aromatic N) is 2. The summed E-state index contributed by atoms with van der Waals surface area (Å²) in [5, 5.41) is 7.89. The van der Waals surface area contributed by atoms with E-state index >= 15 is 0 Å². The summed E-state index contributed by atoms with van der Waals surface area (Å²) in [6, 6.07) is -0.0764. The molecule has 0 aliphatic rings. The van der Waals surface area contributed by atoms with E-state index in [4.69, 9.17) is 12.2 Å². The van der Waals surface area contributed by atoms with E-state index in [1.165, 1.54) is 15.9 Å². The fourth-order valence-corrected chi connectivity index (χ4v) is 2.54. The van der Waals surface area contributed by atoms with Gasteiger partial charge in [-0.2, -0.15) is 0 Å². The van der Waals surface area contributed by atoms with Crippen LogP contribution in [-0.2, 0) is 0 Å². The van der Waals surface area contributed by atoms with Gasteiger partial charge in [-0.15, -0.1) is 11.3 Å². The zero-order valence-corrected chi connectivity index (χ0v) is 9.69. The summed E-state index contributed by atoms with van der Waals surface area (Å²) in [5.74, 6) is 0. The SMILES string of the molecule is CCC(c1nccs1)n1c(=O)[nH][nH]c1=S. The van der Waals surface area contributed by atoms with Crippen LogP contribution >= 0.6 is 23.6 Å². The number of hydrogen-bond donors (Lipinski definition) is 2. The second-order valence-corrected chi connectivity index (χ2v) is 4.34. The molecule has 0 aliphatic carbocycles. The highest BCUT2D eigenvalue weighted by Crippen LogP contribution is 2.22. The Kier molecular flexibility index (Phi) is 2.83. The van der Waals surface area contributed by atoms with E-state index in [9.17, 15) is 4.79 Å². The Hall–Kier alpha value is -1.21. The minimum Gasteiger partial charge on any atom is -0.272 e. The van der Waals surface area contributed by atoms with Crippen molar-refractivity contribution in [1.29, 1.82) is 0 Å². The molecule has 5 nitrogen and oxygen atoms in total. The highest BCUT2D eigenvalue weighted by Gasteiger charge is 2.17. The summed E-state index contributed by atoms with van der Waals surface area (Å²) >= 11 is 6.57. The molecule has 0 radical (unpaired) electrons. The molecular weight excluding hydrogens is 232 g/mol. The third-order valence-electron chi connectivity index (χ3n) is 2.15. The minimum atomic E-state index is -0.220. The molecule has 2 N–H and O–H groups in total. The van der Waals surface area contributed by atoms with Crippen LogP contribution in [-0.4, -0.2) is 19.7 Å². The van der Waals surface area contributed by atoms with Gasteiger partial charge in [-0.3, -0.25) is 9.67 Å². The normalized spacial score (nSPS) is 12.9. The van der Waals surface area contributed by atoms with Gasteiger partial charge in [-0.25, -0.2) is 14.9 Å². The number of rotatable bonds is 3. The zero-order chi connectivity index (χ0) is 10.8. The summed E-state index contributed by atoms with van der Waals surface area (Å²) in [7, 11) is 0. The molecule has 0 fully saturated rings. The minimum absolute atomic E-state index is 0.0764. The van der Waals surface area contributed by atoms with Crippen LogP contribution in [0.5, 0.6) is 0 Å². The molecule has 0 aromatic carbocycles. The Balaban J connectivity index is 2.53. The molecule has 0 aliphatic heterocycles. The van der Waals surface area contributed by atoms with Crippen LogP contribution < -0.4 is 5.69 Å². The zero-order valence-electron chi connectivity index (χ0n) is 8.06. The lowest BCUT2D eigenvalue weighted by Crippen LogP contribution is -2.22. The van der Waals surface area contributed by atoms with E-state index in [0.717, 1.165) is 11.4 Å². The lowest BCUT2D eigenvalue weighted by molar-refractivity contribution is 0.541. The molecule has 2 rings (SSSR count). The number of nitrogens with one attached hydrogen (secondary N) is 2. The first-order valence-electron chi connectivity index (χ1n) is 4.52. The molecule has 1 unspecified atom stereocenters. The van der Waals surface area contributed by atoms with Crippen molar-refractivity contribution in [3.8, 4) is 0 Å². The predicted molar refractivity (Wildman–Crippen MR) is 60.8 cm³/mol. The quantitative estimate of drug-likeness (QED) is 0.805. The molecule has 0 spiro atoms. The maximum atomic E-state index is 11.5. The summed E-state index contributed by atoms with van der Waals surface area (Å²) in [4.78, 5) is 15.7. The summed E-state index contributed by atoms with van der Waals surface area (Å²) in [6.45, 7) is 2.00. The first kappa shape index (κ1) is 10.3. The molecule has 80 valence electrons. The molecule has 2 aromatic rings. The van der Waals surface area contributed by atoms with Gasteiger partial charge in [0, 0.05) is 11.6 Å². The van der Waals surface area contributed by atoms with Crippen molar-refractivity contribution in [2.45, 2.75) is 19.4 Å². The van der Waals surface area contributed by atoms with Crippen LogP contribution in [0.25, 0.3) is 0 Å². The number of hydrogen-bond acceptors (Lipinski definition) is 4. The molecule has 1 atom stereocenters. The lowest BCUT2D eigenvalue weighted by Gasteiger charge is -2.11. The van der Waals surface area contributed by atoms with Crippen molar-refractivity contribution in [1.82, 2.24) is 19.7 Å². The summed E-state index contributed by atoms with van der Waals surface area (Å²) in [6.07, 6.45) is 2.51. The average Bonchev–Trinajstić information content (AvgIpc) is 2.83. The molecule has 15 heavy (non-hydrogen) atoms. The van der Waals surface area contributed by atoms with Crippen LogP contribution in [0.2, 0.25) is 0 Å². The molecular formula is C8H10N4OS2. The van der Waals surface area contributed by atoms with Gasteiger partial charge in [0.25, 0.3) is 0 Å². The first-order chi connectivity index (χ1) is 7.24. The Bertz CT molecular complexity index is 508. The molecule has 7 heteroatoms. The molecule has 0 saturated carbocycles. The molecule has 2 heterocycles. The van der Waals surface area contributed by atoms with E-state index in [-0.39, 0.29) is 11.7 Å². The maximum Gasteiger partial charge on any atom is 0.343 e. The van der Waals surface area contributed by atoms with Crippen molar-refractivity contribution >= 4 is 23.6 Å². The van der Waals surface area contributed by atoms with E-state index in [1.807, 2.05) is 12.3 Å². The first-order valence-corrected chi connectivity index (χ1v) is 5.81. The average molecular weight is 242 g/mol. The Morgan fingerprint density at radius 2 is 2.47 bits per heavy atom. The van der Waals surface area contributed by atoms with E-state index in [0.29, 0.717) is 4.77 Å². The van der Waals surface area contributed by atoms with E-state index in [2.05, 4.69) is 15.2 Å². The molecule has 0 amide bonds. The number of thiazole rings is 1. The molecule has 2 aromatic heterocycles. The summed E-state index contributed by atoms with van der Waals surface area (Å²) < 4.78 is 1.93. The highest BCUT2D eigenvalue weighted by atomic mass is 32.1. The largest absolute Gasteiger partial charge is 0.343 e. The van der Waals surface area contributed by atoms with Gasteiger partial charge in [-0.1, -0.05) is 6.92 Å². The van der Waals surface area contributed by atoms with Crippen LogP contribution in [0.4, 0.5) is 0 Å². The van der Waals surface area contributed by atoms with Crippen molar-refractivity contribution in [2.24, 2.45) is 0 Å². The fourth-order valence-electron chi connectivity index (χ4n) is 1.47. The number of aromatic nitrogens is 4. The standard InChI is InChI=1S/C8H10N4OS2/c1-2-5(6-9-3-4-15-6)12-7(13)10-11-8(12)14/h3-5H,2H2,1H3,(H,10,13)(H,11,14). The van der Waals surface area contributed by atoms with Crippen molar-refractivity contribution in [3.63, 3.8) is 0 Å². The third kappa shape index (κ3) is 1.80. The van der Waals surface area contributed by atoms with Crippen LogP contribution in [0.3, 0.4) is 0 Å². The lowest BCUT2D eigenvalue weighted by atomic mass is 10.2. The van der Waals surface area contributed by atoms with Gasteiger partial charge in [-0.05, 0) is 18.6 Å². The van der Waals surface area contributed by atoms with Crippen molar-refractivity contribution < 1.29 is 0 Å². The second kappa shape index (κ2) is 4.11. The highest BCUT2D eigenvalue weighted by molar-refractivity contribution is 7.71. The van der Waals surface area contributed by atoms with Gasteiger partial charge in [0.15, 0.2) is 4.77 Å². The second-order valence-electron chi connectivity index (χ2n) is 3.02. The van der Waals surface area contributed by atoms with Gasteiger partial charge in [0.2, 0.25) is 0 Å². The smallest absolute Gasteiger partial charge is 0.272 e.